The molecule has 0 radical (unpaired) electrons. The van der Waals surface area contributed by atoms with Gasteiger partial charge in [-0.25, -0.2) is 0 Å². The third-order valence-corrected chi connectivity index (χ3v) is 1.75. The van der Waals surface area contributed by atoms with Gasteiger partial charge in [-0.15, -0.1) is 0 Å². The minimum Gasteiger partial charge on any atom is -0.445 e. The van der Waals surface area contributed by atoms with Crippen LogP contribution < -0.4 is 5.32 Å². The van der Waals surface area contributed by atoms with Crippen LogP contribution in [0.25, 0.3) is 0 Å². The Labute approximate surface area is 66.5 Å². The van der Waals surface area contributed by atoms with Crippen LogP contribution in [0.1, 0.15) is 6.92 Å². The Morgan fingerprint density at radius 2 is 2.45 bits per heavy atom. The first kappa shape index (κ1) is 8.49. The van der Waals surface area contributed by atoms with Gasteiger partial charge in [0.1, 0.15) is 0 Å². The maximum atomic E-state index is 10.6. The molecule has 1 heterocycles. The molecule has 0 bridgehead atoms. The van der Waals surface area contributed by atoms with E-state index in [1.807, 2.05) is 11.9 Å². The summed E-state index contributed by atoms with van der Waals surface area (Å²) in [7, 11) is 1.95. The van der Waals surface area contributed by atoms with Crippen LogP contribution in [0.2, 0.25) is 0 Å². The Morgan fingerprint density at radius 1 is 1.73 bits per heavy atom. The summed E-state index contributed by atoms with van der Waals surface area (Å²) < 4.78 is 5.03. The van der Waals surface area contributed by atoms with Gasteiger partial charge in [0.25, 0.3) is 0 Å². The van der Waals surface area contributed by atoms with Gasteiger partial charge in [-0.2, -0.15) is 0 Å². The van der Waals surface area contributed by atoms with Gasteiger partial charge in [0.2, 0.25) is 0 Å². The molecule has 1 aliphatic rings. The second-order valence-corrected chi connectivity index (χ2v) is 2.75. The zero-order chi connectivity index (χ0) is 8.27. The standard InChI is InChI=1S/C7H14N2O2/c1-6(10)11-7-5-8-3-4-9(7)2/h7-8H,3-5H2,1-2H3. The maximum Gasteiger partial charge on any atom is 0.304 e. The third kappa shape index (κ3) is 2.48. The number of esters is 1. The van der Waals surface area contributed by atoms with Crippen molar-refractivity contribution in [2.24, 2.45) is 0 Å². The van der Waals surface area contributed by atoms with E-state index in [2.05, 4.69) is 5.32 Å². The first-order valence-corrected chi connectivity index (χ1v) is 3.78. The molecule has 1 N–H and O–H groups in total. The van der Waals surface area contributed by atoms with Crippen molar-refractivity contribution in [2.45, 2.75) is 13.2 Å². The van der Waals surface area contributed by atoms with Gasteiger partial charge in [0.05, 0.1) is 0 Å². The molecule has 1 saturated heterocycles. The third-order valence-electron chi connectivity index (χ3n) is 1.75. The van der Waals surface area contributed by atoms with E-state index in [1.165, 1.54) is 6.92 Å². The van der Waals surface area contributed by atoms with Crippen LogP contribution in [0.5, 0.6) is 0 Å². The predicted octanol–water partition coefficient (Wildman–Crippen LogP) is -0.589. The lowest BCUT2D eigenvalue weighted by atomic mass is 10.3. The summed E-state index contributed by atoms with van der Waals surface area (Å²) in [6.45, 7) is 4.06. The number of nitrogens with zero attached hydrogens (tertiary/aromatic N) is 1. The van der Waals surface area contributed by atoms with E-state index >= 15 is 0 Å². The van der Waals surface area contributed by atoms with Gasteiger partial charge in [-0.1, -0.05) is 0 Å². The van der Waals surface area contributed by atoms with Crippen molar-refractivity contribution >= 4 is 5.97 Å². The van der Waals surface area contributed by atoms with Gasteiger partial charge in [-0.3, -0.25) is 9.69 Å². The fourth-order valence-corrected chi connectivity index (χ4v) is 1.10. The number of carbonyl (C=O) groups excluding carboxylic acids is 1. The van der Waals surface area contributed by atoms with Crippen LogP contribution in [0.3, 0.4) is 0 Å². The molecule has 1 fully saturated rings. The van der Waals surface area contributed by atoms with Crippen molar-refractivity contribution in [2.75, 3.05) is 26.7 Å². The Balaban J connectivity index is 2.35. The van der Waals surface area contributed by atoms with Crippen LogP contribution in [-0.2, 0) is 9.53 Å². The molecular formula is C7H14N2O2. The first-order valence-electron chi connectivity index (χ1n) is 3.78. The molecule has 4 nitrogen and oxygen atoms in total. The first-order chi connectivity index (χ1) is 5.20. The SMILES string of the molecule is CC(=O)OC1CNCCN1C. The topological polar surface area (TPSA) is 41.6 Å². The van der Waals surface area contributed by atoms with Gasteiger partial charge in [0.15, 0.2) is 6.23 Å². The minimum absolute atomic E-state index is 0.0822. The summed E-state index contributed by atoms with van der Waals surface area (Å²) in [5.74, 6) is -0.217. The molecule has 0 amide bonds. The smallest absolute Gasteiger partial charge is 0.304 e. The highest BCUT2D eigenvalue weighted by Gasteiger charge is 2.20. The van der Waals surface area contributed by atoms with Crippen molar-refractivity contribution < 1.29 is 9.53 Å². The fraction of sp³-hybridized carbons (Fsp3) is 0.857. The Bertz CT molecular complexity index is 149. The molecule has 1 rings (SSSR count). The molecule has 0 saturated carbocycles. The number of ether oxygens (including phenoxy) is 1. The molecule has 0 aromatic rings. The Kier molecular flexibility index (Phi) is 2.84. The summed E-state index contributed by atoms with van der Waals surface area (Å²) in [4.78, 5) is 12.6. The average Bonchev–Trinajstić information content (AvgIpc) is 1.93. The molecule has 1 unspecified atom stereocenters. The summed E-state index contributed by atoms with van der Waals surface area (Å²) in [6.07, 6.45) is -0.0822. The zero-order valence-corrected chi connectivity index (χ0v) is 6.96. The van der Waals surface area contributed by atoms with Gasteiger partial charge >= 0.3 is 5.97 Å². The van der Waals surface area contributed by atoms with Gasteiger partial charge in [-0.05, 0) is 7.05 Å². The molecule has 11 heavy (non-hydrogen) atoms. The molecule has 0 aromatic carbocycles. The summed E-state index contributed by atoms with van der Waals surface area (Å²) in [6, 6.07) is 0. The largest absolute Gasteiger partial charge is 0.445 e. The van der Waals surface area contributed by atoms with Crippen LogP contribution in [-0.4, -0.2) is 43.8 Å². The van der Waals surface area contributed by atoms with Gasteiger partial charge < -0.3 is 10.1 Å². The monoisotopic (exact) mass is 158 g/mol. The number of piperazine rings is 1. The quantitative estimate of drug-likeness (QED) is 0.518. The lowest BCUT2D eigenvalue weighted by molar-refractivity contribution is -0.156. The number of rotatable bonds is 1. The molecule has 0 aromatic heterocycles. The predicted molar refractivity (Wildman–Crippen MR) is 41.1 cm³/mol. The minimum atomic E-state index is -0.217. The highest BCUT2D eigenvalue weighted by Crippen LogP contribution is 2.00. The molecule has 0 spiro atoms. The summed E-state index contributed by atoms with van der Waals surface area (Å²) in [5.41, 5.74) is 0. The van der Waals surface area contributed by atoms with E-state index in [4.69, 9.17) is 4.74 Å². The summed E-state index contributed by atoms with van der Waals surface area (Å²) >= 11 is 0. The Morgan fingerprint density at radius 3 is 3.00 bits per heavy atom. The number of nitrogens with one attached hydrogen (secondary N) is 1. The Hall–Kier alpha value is -0.610. The molecule has 4 heteroatoms. The van der Waals surface area contributed by atoms with Crippen molar-refractivity contribution in [3.8, 4) is 0 Å². The van der Waals surface area contributed by atoms with E-state index < -0.39 is 0 Å². The highest BCUT2D eigenvalue weighted by molar-refractivity contribution is 5.66. The van der Waals surface area contributed by atoms with Crippen LogP contribution in [0.4, 0.5) is 0 Å². The molecule has 64 valence electrons. The van der Waals surface area contributed by atoms with E-state index in [-0.39, 0.29) is 12.2 Å². The van der Waals surface area contributed by atoms with Crippen LogP contribution >= 0.6 is 0 Å². The van der Waals surface area contributed by atoms with E-state index in [0.717, 1.165) is 19.6 Å². The van der Waals surface area contributed by atoms with Crippen LogP contribution in [0, 0.1) is 0 Å². The van der Waals surface area contributed by atoms with Crippen molar-refractivity contribution in [3.05, 3.63) is 0 Å². The second-order valence-electron chi connectivity index (χ2n) is 2.75. The van der Waals surface area contributed by atoms with E-state index in [1.54, 1.807) is 0 Å². The van der Waals surface area contributed by atoms with Crippen molar-refractivity contribution in [1.29, 1.82) is 0 Å². The van der Waals surface area contributed by atoms with E-state index in [9.17, 15) is 4.79 Å². The number of carbonyl (C=O) groups is 1. The van der Waals surface area contributed by atoms with Crippen LogP contribution in [0.15, 0.2) is 0 Å². The lowest BCUT2D eigenvalue weighted by Gasteiger charge is -2.31. The molecule has 1 atom stereocenters. The highest BCUT2D eigenvalue weighted by atomic mass is 16.6. The van der Waals surface area contributed by atoms with Crippen molar-refractivity contribution in [3.63, 3.8) is 0 Å². The normalized spacial score (nSPS) is 26.5. The second kappa shape index (κ2) is 3.69. The fourth-order valence-electron chi connectivity index (χ4n) is 1.10. The summed E-state index contributed by atoms with van der Waals surface area (Å²) in [5, 5.41) is 3.15. The molecular weight excluding hydrogens is 144 g/mol. The lowest BCUT2D eigenvalue weighted by Crippen LogP contribution is -2.51. The zero-order valence-electron chi connectivity index (χ0n) is 6.96. The molecule has 1 aliphatic heterocycles. The number of likely N-dealkylation sites (N-methyl/N-ethyl adjacent to an activating group) is 1. The van der Waals surface area contributed by atoms with Gasteiger partial charge in [0, 0.05) is 26.6 Å². The number of hydrogen-bond acceptors (Lipinski definition) is 4. The number of hydrogen-bond donors (Lipinski definition) is 1. The van der Waals surface area contributed by atoms with E-state index in [0.29, 0.717) is 0 Å². The average molecular weight is 158 g/mol. The molecule has 0 aliphatic carbocycles. The van der Waals surface area contributed by atoms with Crippen molar-refractivity contribution in [1.82, 2.24) is 10.2 Å². The maximum absolute atomic E-state index is 10.6.